The van der Waals surface area contributed by atoms with Crippen molar-refractivity contribution in [3.63, 3.8) is 0 Å². The third-order valence-electron chi connectivity index (χ3n) is 6.86. The third kappa shape index (κ3) is 5.94. The zero-order valence-corrected chi connectivity index (χ0v) is 20.4. The zero-order valence-electron chi connectivity index (χ0n) is 20.4. The van der Waals surface area contributed by atoms with Crippen molar-refractivity contribution >= 4 is 28.0 Å². The van der Waals surface area contributed by atoms with Gasteiger partial charge in [-0.2, -0.15) is 74.5 Å². The Balaban J connectivity index is 2.25. The van der Waals surface area contributed by atoms with Crippen molar-refractivity contribution in [1.29, 1.82) is 0 Å². The predicted molar refractivity (Wildman–Crippen MR) is 130 cm³/mol. The van der Waals surface area contributed by atoms with E-state index in [-0.39, 0.29) is 0 Å². The van der Waals surface area contributed by atoms with E-state index >= 15 is 0 Å². The van der Waals surface area contributed by atoms with Gasteiger partial charge in [-0.3, -0.25) is 0 Å². The lowest BCUT2D eigenvalue weighted by atomic mass is 9.13. The van der Waals surface area contributed by atoms with Crippen molar-refractivity contribution in [3.8, 4) is 0 Å². The molecule has 0 aliphatic rings. The molecule has 4 aromatic rings. The summed E-state index contributed by atoms with van der Waals surface area (Å²) in [5.74, 6) is 0. The monoisotopic (exact) mass is 591 g/mol. The Morgan fingerprint density at radius 2 is 0.512 bits per heavy atom. The fourth-order valence-electron chi connectivity index (χ4n) is 5.09. The van der Waals surface area contributed by atoms with Crippen LogP contribution in [0.3, 0.4) is 0 Å². The second-order valence-corrected chi connectivity index (χ2v) is 9.36. The molecule has 0 spiro atoms. The maximum absolute atomic E-state index is 13.8. The van der Waals surface area contributed by atoms with E-state index in [2.05, 4.69) is 0 Å². The molecule has 0 aromatic heterocycles. The van der Waals surface area contributed by atoms with E-state index in [4.69, 9.17) is 0 Å². The van der Waals surface area contributed by atoms with Crippen molar-refractivity contribution in [2.24, 2.45) is 0 Å². The lowest BCUT2D eigenvalue weighted by Gasteiger charge is -2.45. The van der Waals surface area contributed by atoms with Crippen LogP contribution in [0.5, 0.6) is 0 Å². The highest BCUT2D eigenvalue weighted by Gasteiger charge is 2.40. The number of hydrogen-bond acceptors (Lipinski definition) is 0. The lowest BCUT2D eigenvalue weighted by molar-refractivity contribution is -0.138. The van der Waals surface area contributed by atoms with Gasteiger partial charge in [-0.05, 0) is 0 Å². The third-order valence-corrected chi connectivity index (χ3v) is 6.86. The van der Waals surface area contributed by atoms with E-state index in [0.717, 1.165) is 48.5 Å². The number of halogens is 12. The van der Waals surface area contributed by atoms with Crippen LogP contribution in [-0.4, -0.2) is 6.15 Å². The first-order valence-electron chi connectivity index (χ1n) is 11.7. The highest BCUT2D eigenvalue weighted by atomic mass is 19.4. The molecule has 0 radical (unpaired) electrons. The van der Waals surface area contributed by atoms with E-state index in [1.807, 2.05) is 0 Å². The molecular weight excluding hydrogens is 575 g/mol. The van der Waals surface area contributed by atoms with Crippen LogP contribution in [0.25, 0.3) is 0 Å². The maximum atomic E-state index is 13.8. The minimum absolute atomic E-state index is 0.446. The average molecular weight is 591 g/mol. The normalized spacial score (nSPS) is 13.4. The summed E-state index contributed by atoms with van der Waals surface area (Å²) in [6.45, 7) is 0. The molecule has 0 aliphatic heterocycles. The van der Waals surface area contributed by atoms with Crippen molar-refractivity contribution < 1.29 is 52.7 Å². The van der Waals surface area contributed by atoms with E-state index in [1.165, 1.54) is 0 Å². The predicted octanol–water partition coefficient (Wildman–Crippen LogP) is 7.14. The van der Waals surface area contributed by atoms with Crippen LogP contribution in [0.15, 0.2) is 97.1 Å². The lowest BCUT2D eigenvalue weighted by Crippen LogP contribution is -2.75. The van der Waals surface area contributed by atoms with E-state index in [9.17, 15) is 52.7 Å². The summed E-state index contributed by atoms with van der Waals surface area (Å²) < 4.78 is 165. The highest BCUT2D eigenvalue weighted by Crippen LogP contribution is 2.33. The second kappa shape index (κ2) is 10.2. The van der Waals surface area contributed by atoms with Gasteiger partial charge in [0, 0.05) is 0 Å². The van der Waals surface area contributed by atoms with Crippen molar-refractivity contribution in [3.05, 3.63) is 119 Å². The Morgan fingerprint density at radius 1 is 0.317 bits per heavy atom. The number of hydrogen-bond donors (Lipinski definition) is 0. The van der Waals surface area contributed by atoms with Crippen molar-refractivity contribution in [2.75, 3.05) is 0 Å². The molecule has 0 bridgehead atoms. The van der Waals surface area contributed by atoms with Gasteiger partial charge in [-0.15, -0.1) is 0 Å². The quantitative estimate of drug-likeness (QED) is 0.175. The van der Waals surface area contributed by atoms with Crippen LogP contribution in [0.1, 0.15) is 22.3 Å². The number of benzene rings is 4. The first kappa shape index (κ1) is 30.1. The Morgan fingerprint density at radius 3 is 0.683 bits per heavy atom. The maximum Gasteiger partial charge on any atom is 0.416 e. The van der Waals surface area contributed by atoms with Gasteiger partial charge in [0.25, 0.3) is 0 Å². The summed E-state index contributed by atoms with van der Waals surface area (Å²) in [4.78, 5) is 0. The van der Waals surface area contributed by atoms with Crippen LogP contribution in [0.4, 0.5) is 52.7 Å². The van der Waals surface area contributed by atoms with Crippen molar-refractivity contribution in [1.82, 2.24) is 0 Å². The van der Waals surface area contributed by atoms with Gasteiger partial charge in [-0.1, -0.05) is 97.1 Å². The summed E-state index contributed by atoms with van der Waals surface area (Å²) in [5.41, 5.74) is -6.98. The molecule has 13 heteroatoms. The minimum atomic E-state index is -4.99. The summed E-state index contributed by atoms with van der Waals surface area (Å²) in [7, 11) is 0. The first-order chi connectivity index (χ1) is 18.8. The van der Waals surface area contributed by atoms with Crippen LogP contribution < -0.4 is 21.9 Å². The standard InChI is InChI=1S/C28H16BF12/c30-25(31,32)17-5-1-9-21(13-17)29(22-10-2-6-18(14-22)26(33,34)35,23-11-3-7-19(15-23)27(36,37)38)24-12-4-8-20(16-24)28(39,40)41/h1-16H/q-1. The van der Waals surface area contributed by atoms with Gasteiger partial charge in [0.05, 0.1) is 22.3 Å². The molecule has 0 aliphatic carbocycles. The highest BCUT2D eigenvalue weighted by molar-refractivity contribution is 7.19. The molecule has 0 fully saturated rings. The van der Waals surface area contributed by atoms with Gasteiger partial charge in [0.1, 0.15) is 6.15 Å². The van der Waals surface area contributed by atoms with E-state index in [0.29, 0.717) is 48.5 Å². The molecule has 0 amide bonds. The average Bonchev–Trinajstić information content (AvgIpc) is 2.88. The van der Waals surface area contributed by atoms with Crippen LogP contribution >= 0.6 is 0 Å². The minimum Gasteiger partial charge on any atom is -0.195 e. The van der Waals surface area contributed by atoms with Gasteiger partial charge in [0.15, 0.2) is 0 Å². The van der Waals surface area contributed by atoms with Gasteiger partial charge in [0.2, 0.25) is 0 Å². The second-order valence-electron chi connectivity index (χ2n) is 9.36. The molecule has 0 heterocycles. The van der Waals surface area contributed by atoms with Gasteiger partial charge in [-0.25, -0.2) is 0 Å². The SMILES string of the molecule is FC(F)(F)c1cccc([B-](c2cccc(C(F)(F)F)c2)(c2cccc(C(F)(F)F)c2)c2cccc(C(F)(F)F)c2)c1. The molecule has 4 aromatic carbocycles. The Labute approximate surface area is 225 Å². The Hall–Kier alpha value is -3.90. The fourth-order valence-corrected chi connectivity index (χ4v) is 5.09. The first-order valence-corrected chi connectivity index (χ1v) is 11.7. The summed E-state index contributed by atoms with van der Waals surface area (Å²) in [6, 6.07) is 12.4. The molecule has 41 heavy (non-hydrogen) atoms. The van der Waals surface area contributed by atoms with Gasteiger partial charge >= 0.3 is 24.7 Å². The van der Waals surface area contributed by atoms with Crippen LogP contribution in [-0.2, 0) is 24.7 Å². The molecule has 4 rings (SSSR count). The smallest absolute Gasteiger partial charge is 0.195 e. The van der Waals surface area contributed by atoms with Crippen LogP contribution in [0, 0.1) is 0 Å². The molecule has 0 atom stereocenters. The zero-order chi connectivity index (χ0) is 30.4. The number of alkyl halides is 12. The van der Waals surface area contributed by atoms with Crippen LogP contribution in [0.2, 0.25) is 0 Å². The molecular formula is C28H16BF12-. The molecule has 0 unspecified atom stereocenters. The van der Waals surface area contributed by atoms with Crippen molar-refractivity contribution in [2.45, 2.75) is 24.7 Å². The van der Waals surface area contributed by atoms with E-state index < -0.39 is 75.0 Å². The summed E-state index contributed by atoms with van der Waals surface area (Å²) in [6.07, 6.45) is -23.5. The fraction of sp³-hybridized carbons (Fsp3) is 0.143. The molecule has 0 N–H and O–H groups in total. The number of rotatable bonds is 4. The Kier molecular flexibility index (Phi) is 7.47. The van der Waals surface area contributed by atoms with Gasteiger partial charge < -0.3 is 0 Å². The molecule has 0 nitrogen and oxygen atoms in total. The largest absolute Gasteiger partial charge is 0.416 e. The molecule has 0 saturated heterocycles. The Bertz CT molecular complexity index is 1310. The molecule has 0 saturated carbocycles. The topological polar surface area (TPSA) is 0 Å². The molecule has 216 valence electrons. The summed E-state index contributed by atoms with van der Waals surface area (Å²) >= 11 is 0. The van der Waals surface area contributed by atoms with E-state index in [1.54, 1.807) is 0 Å². The summed E-state index contributed by atoms with van der Waals surface area (Å²) in [5, 5.41) is 0.